The quantitative estimate of drug-likeness (QED) is 0.356. The first kappa shape index (κ1) is 18.2. The van der Waals surface area contributed by atoms with Crippen LogP contribution in [0.15, 0.2) is 0 Å². The van der Waals surface area contributed by atoms with Crippen LogP contribution in [-0.2, 0) is 9.57 Å². The Kier molecular flexibility index (Phi) is 11.7. The molecule has 0 aromatic heterocycles. The third kappa shape index (κ3) is 10.8. The highest BCUT2D eigenvalue weighted by Gasteiger charge is 2.15. The highest BCUT2D eigenvalue weighted by molar-refractivity contribution is 5.66. The summed E-state index contributed by atoms with van der Waals surface area (Å²) in [7, 11) is 1.42. The van der Waals surface area contributed by atoms with Gasteiger partial charge in [-0.15, -0.1) is 0 Å². The van der Waals surface area contributed by atoms with Crippen LogP contribution in [0.5, 0.6) is 0 Å². The van der Waals surface area contributed by atoms with Crippen molar-refractivity contribution in [2.75, 3.05) is 13.7 Å². The lowest BCUT2D eigenvalue weighted by Crippen LogP contribution is -2.33. The van der Waals surface area contributed by atoms with E-state index in [2.05, 4.69) is 11.7 Å². The highest BCUT2D eigenvalue weighted by atomic mass is 16.7. The summed E-state index contributed by atoms with van der Waals surface area (Å²) in [6.07, 6.45) is 7.87. The number of nitrogens with zero attached hydrogens (tertiary/aromatic N) is 1. The fourth-order valence-electron chi connectivity index (χ4n) is 1.85. The lowest BCUT2D eigenvalue weighted by Gasteiger charge is -2.19. The SMILES string of the molecule is CCCCCCCCCCN(OC)C(=O)OC(C)O. The second-order valence-corrected chi connectivity index (χ2v) is 4.74. The minimum absolute atomic E-state index is 0.497. The molecule has 0 aliphatic rings. The topological polar surface area (TPSA) is 59.0 Å². The van der Waals surface area contributed by atoms with Gasteiger partial charge in [0, 0.05) is 0 Å². The average molecular weight is 275 g/mol. The minimum Gasteiger partial charge on any atom is -0.418 e. The molecule has 5 heteroatoms. The summed E-state index contributed by atoms with van der Waals surface area (Å²) < 4.78 is 4.64. The number of hydrogen-bond acceptors (Lipinski definition) is 4. The highest BCUT2D eigenvalue weighted by Crippen LogP contribution is 2.09. The fourth-order valence-corrected chi connectivity index (χ4v) is 1.85. The molecule has 0 saturated carbocycles. The summed E-state index contributed by atoms with van der Waals surface area (Å²) in [4.78, 5) is 16.4. The Morgan fingerprint density at radius 1 is 1.11 bits per heavy atom. The second kappa shape index (κ2) is 12.2. The first-order chi connectivity index (χ1) is 9.11. The number of amides is 1. The minimum atomic E-state index is -1.11. The van der Waals surface area contributed by atoms with Crippen molar-refractivity contribution in [1.29, 1.82) is 0 Å². The standard InChI is InChI=1S/C14H29NO4/c1-4-5-6-7-8-9-10-11-12-15(18-3)14(17)19-13(2)16/h13,16H,4-12H2,1-3H3. The Labute approximate surface area is 116 Å². The molecule has 0 bridgehead atoms. The normalized spacial score (nSPS) is 12.2. The molecule has 0 fully saturated rings. The fraction of sp³-hybridized carbons (Fsp3) is 0.929. The van der Waals surface area contributed by atoms with Crippen molar-refractivity contribution in [2.24, 2.45) is 0 Å². The molecule has 0 spiro atoms. The smallest absolute Gasteiger partial charge is 0.418 e. The van der Waals surface area contributed by atoms with E-state index >= 15 is 0 Å². The number of aliphatic hydroxyl groups is 1. The van der Waals surface area contributed by atoms with Crippen molar-refractivity contribution in [3.63, 3.8) is 0 Å². The lowest BCUT2D eigenvalue weighted by molar-refractivity contribution is -0.138. The molecule has 1 unspecified atom stereocenters. The van der Waals surface area contributed by atoms with Crippen molar-refractivity contribution < 1.29 is 19.5 Å². The van der Waals surface area contributed by atoms with E-state index < -0.39 is 12.4 Å². The summed E-state index contributed by atoms with van der Waals surface area (Å²) in [5.41, 5.74) is 0. The number of hydrogen-bond donors (Lipinski definition) is 1. The maximum atomic E-state index is 11.4. The summed E-state index contributed by atoms with van der Waals surface area (Å²) >= 11 is 0. The number of ether oxygens (including phenoxy) is 1. The van der Waals surface area contributed by atoms with Gasteiger partial charge in [-0.05, 0) is 13.3 Å². The molecule has 5 nitrogen and oxygen atoms in total. The molecule has 1 N–H and O–H groups in total. The number of carbonyl (C=O) groups is 1. The molecule has 114 valence electrons. The molecule has 0 radical (unpaired) electrons. The Morgan fingerprint density at radius 3 is 2.11 bits per heavy atom. The maximum absolute atomic E-state index is 11.4. The van der Waals surface area contributed by atoms with E-state index in [-0.39, 0.29) is 0 Å². The van der Waals surface area contributed by atoms with Crippen molar-refractivity contribution in [3.05, 3.63) is 0 Å². The lowest BCUT2D eigenvalue weighted by atomic mass is 10.1. The van der Waals surface area contributed by atoms with Gasteiger partial charge in [-0.2, -0.15) is 5.06 Å². The zero-order valence-corrected chi connectivity index (χ0v) is 12.6. The molecule has 0 aromatic carbocycles. The third-order valence-electron chi connectivity index (χ3n) is 2.91. The molecule has 0 aliphatic heterocycles. The van der Waals surface area contributed by atoms with Gasteiger partial charge >= 0.3 is 6.09 Å². The van der Waals surface area contributed by atoms with Crippen LogP contribution in [0.2, 0.25) is 0 Å². The van der Waals surface area contributed by atoms with Gasteiger partial charge < -0.3 is 9.84 Å². The van der Waals surface area contributed by atoms with E-state index in [4.69, 9.17) is 9.94 Å². The maximum Gasteiger partial charge on any atom is 0.436 e. The Hall–Kier alpha value is -0.810. The van der Waals surface area contributed by atoms with Gasteiger partial charge in [0.1, 0.15) is 0 Å². The summed E-state index contributed by atoms with van der Waals surface area (Å²) in [6, 6.07) is 0. The number of hydroxylamine groups is 2. The molecule has 0 aliphatic carbocycles. The van der Waals surface area contributed by atoms with Crippen LogP contribution in [-0.4, -0.2) is 36.2 Å². The van der Waals surface area contributed by atoms with Crippen molar-refractivity contribution in [2.45, 2.75) is 71.5 Å². The van der Waals surface area contributed by atoms with Crippen molar-refractivity contribution in [3.8, 4) is 0 Å². The number of aliphatic hydroxyl groups excluding tert-OH is 1. The molecular weight excluding hydrogens is 246 g/mol. The largest absolute Gasteiger partial charge is 0.436 e. The van der Waals surface area contributed by atoms with E-state index in [1.165, 1.54) is 52.6 Å². The first-order valence-electron chi connectivity index (χ1n) is 7.32. The van der Waals surface area contributed by atoms with Gasteiger partial charge in [0.15, 0.2) is 6.29 Å². The van der Waals surface area contributed by atoms with Gasteiger partial charge in [0.05, 0.1) is 13.7 Å². The molecule has 1 atom stereocenters. The van der Waals surface area contributed by atoms with E-state index in [9.17, 15) is 4.79 Å². The summed E-state index contributed by atoms with van der Waals surface area (Å²) in [5, 5.41) is 10.1. The van der Waals surface area contributed by atoms with Crippen LogP contribution in [0.4, 0.5) is 4.79 Å². The molecule has 0 aromatic rings. The van der Waals surface area contributed by atoms with Crippen LogP contribution in [0.25, 0.3) is 0 Å². The van der Waals surface area contributed by atoms with Gasteiger partial charge in [0.2, 0.25) is 0 Å². The number of unbranched alkanes of at least 4 members (excludes halogenated alkanes) is 7. The Bertz CT molecular complexity index is 221. The predicted octanol–water partition coefficient (Wildman–Crippen LogP) is 3.47. The van der Waals surface area contributed by atoms with Crippen LogP contribution in [0.3, 0.4) is 0 Å². The van der Waals surface area contributed by atoms with Crippen LogP contribution in [0, 0.1) is 0 Å². The second-order valence-electron chi connectivity index (χ2n) is 4.74. The molecule has 19 heavy (non-hydrogen) atoms. The van der Waals surface area contributed by atoms with E-state index in [0.29, 0.717) is 6.54 Å². The zero-order chi connectivity index (χ0) is 14.5. The molecule has 0 heterocycles. The summed E-state index contributed by atoms with van der Waals surface area (Å²) in [6.45, 7) is 4.10. The van der Waals surface area contributed by atoms with Crippen molar-refractivity contribution in [1.82, 2.24) is 5.06 Å². The van der Waals surface area contributed by atoms with Gasteiger partial charge in [-0.1, -0.05) is 51.9 Å². The monoisotopic (exact) mass is 275 g/mol. The molecule has 1 amide bonds. The van der Waals surface area contributed by atoms with Crippen LogP contribution in [0.1, 0.15) is 65.2 Å². The molecule has 0 saturated heterocycles. The third-order valence-corrected chi connectivity index (χ3v) is 2.91. The molecule has 0 rings (SSSR count). The van der Waals surface area contributed by atoms with Gasteiger partial charge in [-0.3, -0.25) is 4.84 Å². The Balaban J connectivity index is 3.53. The Morgan fingerprint density at radius 2 is 1.63 bits per heavy atom. The van der Waals surface area contributed by atoms with Gasteiger partial charge in [-0.25, -0.2) is 4.79 Å². The number of rotatable bonds is 11. The van der Waals surface area contributed by atoms with Gasteiger partial charge in [0.25, 0.3) is 0 Å². The first-order valence-corrected chi connectivity index (χ1v) is 7.32. The summed E-state index contributed by atoms with van der Waals surface area (Å²) in [5.74, 6) is 0. The number of carbonyl (C=O) groups excluding carboxylic acids is 1. The van der Waals surface area contributed by atoms with Crippen molar-refractivity contribution >= 4 is 6.09 Å². The average Bonchev–Trinajstić information content (AvgIpc) is 2.36. The van der Waals surface area contributed by atoms with Crippen LogP contribution >= 0.6 is 0 Å². The molecular formula is C14H29NO4. The van der Waals surface area contributed by atoms with Crippen LogP contribution < -0.4 is 0 Å². The van der Waals surface area contributed by atoms with E-state index in [1.807, 2.05) is 0 Å². The predicted molar refractivity (Wildman–Crippen MR) is 74.5 cm³/mol. The van der Waals surface area contributed by atoms with E-state index in [1.54, 1.807) is 0 Å². The van der Waals surface area contributed by atoms with E-state index in [0.717, 1.165) is 17.9 Å². The zero-order valence-electron chi connectivity index (χ0n) is 12.6.